The summed E-state index contributed by atoms with van der Waals surface area (Å²) in [5, 5.41) is 17.3. The van der Waals surface area contributed by atoms with Crippen LogP contribution in [0.15, 0.2) is 55.1 Å². The number of piperazine rings is 1. The van der Waals surface area contributed by atoms with E-state index in [2.05, 4.69) is 26.7 Å². The Hall–Kier alpha value is -4.83. The summed E-state index contributed by atoms with van der Waals surface area (Å²) in [6, 6.07) is 8.64. The molecule has 4 heterocycles. The fourth-order valence-corrected chi connectivity index (χ4v) is 5.40. The van der Waals surface area contributed by atoms with Crippen LogP contribution in [0.2, 0.25) is 0 Å². The number of unbranched alkanes of at least 4 members (excludes halogenated alkanes) is 2. The summed E-state index contributed by atoms with van der Waals surface area (Å²) in [6.45, 7) is 3.47. The second-order valence-electron chi connectivity index (χ2n) is 11.2. The summed E-state index contributed by atoms with van der Waals surface area (Å²) in [4.78, 5) is 76.5. The van der Waals surface area contributed by atoms with Gasteiger partial charge in [-0.2, -0.15) is 0 Å². The number of fused-ring (bicyclic) bond motifs is 1. The smallest absolute Gasteiger partial charge is 0.295 e. The highest BCUT2D eigenvalue weighted by Gasteiger charge is 2.32. The number of pyridine rings is 1. The van der Waals surface area contributed by atoms with Crippen molar-refractivity contribution in [1.82, 2.24) is 34.3 Å². The normalized spacial score (nSPS) is 14.9. The average Bonchev–Trinajstić information content (AvgIpc) is 3.77. The molecule has 0 spiro atoms. The van der Waals surface area contributed by atoms with Crippen molar-refractivity contribution >= 4 is 42.3 Å². The number of benzene rings is 1. The van der Waals surface area contributed by atoms with Gasteiger partial charge in [0.15, 0.2) is 11.6 Å². The van der Waals surface area contributed by atoms with Crippen molar-refractivity contribution in [3.63, 3.8) is 0 Å². The number of aliphatic carboxylic acids is 1. The molecular formula is C31H35FN7O9P-2. The number of amides is 2. The van der Waals surface area contributed by atoms with Crippen LogP contribution in [0.1, 0.15) is 60.2 Å². The van der Waals surface area contributed by atoms with Gasteiger partial charge in [-0.15, -0.1) is 5.10 Å². The lowest BCUT2D eigenvalue weighted by Crippen LogP contribution is -2.52. The first-order chi connectivity index (χ1) is 23.3. The SMILES string of the molecule is CCCCC[C@H](C)C(=O)[O-].O=C(C(=O)N1CCN(C(=O)c2ccccc2)CC1)c1cn(COP(=O)([O-])O)c2c(-n3ccnn3)ncc(F)c12. The molecule has 0 saturated carbocycles. The quantitative estimate of drug-likeness (QED) is 0.0959. The number of carbonyl (C=O) groups excluding carboxylic acids is 4. The standard InChI is InChI=1S/C23H21FN7O7P.C8H16O2/c24-17-12-25-21(31-7-6-26-27-31)19-18(17)16(13-30(19)14-38-39(35,36)37)20(32)23(34)29-10-8-28(9-11-29)22(33)15-4-2-1-3-5-15;1-3-4-5-6-7(2)8(9)10/h1-7,12-13H,8-11,14H2,(H2,35,36,37);7H,3-6H2,1-2H3,(H,9,10)/p-2/t;7-/m.0/s1. The third-order valence-electron chi connectivity index (χ3n) is 7.79. The Morgan fingerprint density at radius 3 is 2.35 bits per heavy atom. The third kappa shape index (κ3) is 9.41. The molecule has 0 aliphatic carbocycles. The van der Waals surface area contributed by atoms with Crippen LogP contribution in [0.4, 0.5) is 4.39 Å². The van der Waals surface area contributed by atoms with Crippen LogP contribution >= 0.6 is 7.82 Å². The van der Waals surface area contributed by atoms with Crippen LogP contribution in [0.3, 0.4) is 0 Å². The molecule has 0 bridgehead atoms. The van der Waals surface area contributed by atoms with Crippen LogP contribution in [0.5, 0.6) is 0 Å². The molecule has 1 aliphatic heterocycles. The number of phosphoric ester groups is 1. The molecule has 1 aromatic carbocycles. The number of hydrogen-bond donors (Lipinski definition) is 1. The van der Waals surface area contributed by atoms with E-state index in [0.717, 1.165) is 47.3 Å². The summed E-state index contributed by atoms with van der Waals surface area (Å²) in [6.07, 6.45) is 8.59. The van der Waals surface area contributed by atoms with Crippen molar-refractivity contribution in [2.24, 2.45) is 5.92 Å². The molecule has 262 valence electrons. The van der Waals surface area contributed by atoms with Crippen molar-refractivity contribution in [3.05, 3.63) is 72.1 Å². The number of carboxylic acid groups (broad SMARTS) is 1. The number of ketones is 1. The molecular weight excluding hydrogens is 664 g/mol. The van der Waals surface area contributed by atoms with Crippen molar-refractivity contribution in [2.75, 3.05) is 26.2 Å². The minimum Gasteiger partial charge on any atom is -0.756 e. The highest BCUT2D eigenvalue weighted by Crippen LogP contribution is 2.34. The second-order valence-corrected chi connectivity index (χ2v) is 12.4. The largest absolute Gasteiger partial charge is 0.756 e. The zero-order chi connectivity index (χ0) is 35.7. The van der Waals surface area contributed by atoms with Crippen LogP contribution in [0.25, 0.3) is 16.7 Å². The number of nitrogens with zero attached hydrogens (tertiary/aromatic N) is 7. The minimum absolute atomic E-state index is 0.0364. The average molecular weight is 700 g/mol. The third-order valence-corrected chi connectivity index (χ3v) is 8.23. The molecule has 1 unspecified atom stereocenters. The lowest BCUT2D eigenvalue weighted by atomic mass is 10.0. The molecule has 16 nitrogen and oxygen atoms in total. The molecule has 1 aliphatic rings. The molecule has 5 rings (SSSR count). The van der Waals surface area contributed by atoms with Gasteiger partial charge in [-0.1, -0.05) is 56.5 Å². The summed E-state index contributed by atoms with van der Waals surface area (Å²) in [5.74, 6) is -4.39. The molecule has 1 fully saturated rings. The van der Waals surface area contributed by atoms with Gasteiger partial charge in [0.2, 0.25) is 0 Å². The fourth-order valence-electron chi connectivity index (χ4n) is 5.13. The Kier molecular flexibility index (Phi) is 12.5. The minimum atomic E-state index is -5.20. The van der Waals surface area contributed by atoms with Crippen LogP contribution in [-0.4, -0.2) is 89.0 Å². The second kappa shape index (κ2) is 16.5. The molecule has 2 amide bonds. The van der Waals surface area contributed by atoms with Gasteiger partial charge in [0.25, 0.3) is 25.4 Å². The lowest BCUT2D eigenvalue weighted by Gasteiger charge is -2.34. The first-order valence-electron chi connectivity index (χ1n) is 15.4. The molecule has 1 N–H and O–H groups in total. The van der Waals surface area contributed by atoms with E-state index in [1.165, 1.54) is 17.3 Å². The van der Waals surface area contributed by atoms with Crippen LogP contribution < -0.4 is 10.00 Å². The summed E-state index contributed by atoms with van der Waals surface area (Å²) >= 11 is 0. The fraction of sp³-hybridized carbons (Fsp3) is 0.387. The number of carbonyl (C=O) groups is 4. The van der Waals surface area contributed by atoms with Gasteiger partial charge in [-0.3, -0.25) is 23.5 Å². The first-order valence-corrected chi connectivity index (χ1v) is 16.9. The number of Topliss-reactive ketones (excluding diaryl/α,β-unsaturated/α-hetero) is 1. The molecule has 18 heteroatoms. The van der Waals surface area contributed by atoms with Crippen molar-refractivity contribution in [3.8, 4) is 5.82 Å². The van der Waals surface area contributed by atoms with E-state index in [9.17, 15) is 33.7 Å². The number of carboxylic acids is 1. The number of hydrogen-bond acceptors (Lipinski definition) is 11. The summed E-state index contributed by atoms with van der Waals surface area (Å²) in [5.41, 5.74) is 0.00543. The number of halogens is 1. The van der Waals surface area contributed by atoms with E-state index in [4.69, 9.17) is 4.89 Å². The Morgan fingerprint density at radius 2 is 1.76 bits per heavy atom. The van der Waals surface area contributed by atoms with E-state index in [0.29, 0.717) is 5.56 Å². The van der Waals surface area contributed by atoms with Gasteiger partial charge in [-0.05, 0) is 24.5 Å². The van der Waals surface area contributed by atoms with Gasteiger partial charge < -0.3 is 34.1 Å². The van der Waals surface area contributed by atoms with E-state index in [-0.39, 0.29) is 60.3 Å². The molecule has 1 saturated heterocycles. The highest BCUT2D eigenvalue weighted by atomic mass is 31.2. The topological polar surface area (TPSA) is 216 Å². The van der Waals surface area contributed by atoms with Gasteiger partial charge in [0, 0.05) is 43.9 Å². The number of rotatable bonds is 12. The first kappa shape index (κ1) is 37.0. The Labute approximate surface area is 280 Å². The predicted molar refractivity (Wildman–Crippen MR) is 167 cm³/mol. The predicted octanol–water partition coefficient (Wildman–Crippen LogP) is 1.31. The summed E-state index contributed by atoms with van der Waals surface area (Å²) in [7, 11) is -5.20. The van der Waals surface area contributed by atoms with E-state index in [1.807, 2.05) is 0 Å². The van der Waals surface area contributed by atoms with Crippen molar-refractivity contribution in [1.29, 1.82) is 0 Å². The maximum absolute atomic E-state index is 15.1. The number of phosphoric acid groups is 1. The lowest BCUT2D eigenvalue weighted by molar-refractivity contribution is -0.311. The Morgan fingerprint density at radius 1 is 1.08 bits per heavy atom. The van der Waals surface area contributed by atoms with Gasteiger partial charge in [-0.25, -0.2) is 14.1 Å². The Balaban J connectivity index is 0.000000471. The number of aromatic nitrogens is 5. The van der Waals surface area contributed by atoms with E-state index < -0.39 is 38.0 Å². The van der Waals surface area contributed by atoms with Gasteiger partial charge in [0.1, 0.15) is 6.73 Å². The van der Waals surface area contributed by atoms with Gasteiger partial charge in [0.05, 0.1) is 35.1 Å². The van der Waals surface area contributed by atoms with E-state index >= 15 is 4.39 Å². The monoisotopic (exact) mass is 699 g/mol. The zero-order valence-electron chi connectivity index (χ0n) is 26.8. The maximum atomic E-state index is 15.1. The van der Waals surface area contributed by atoms with Gasteiger partial charge >= 0.3 is 0 Å². The zero-order valence-corrected chi connectivity index (χ0v) is 27.7. The molecule has 49 heavy (non-hydrogen) atoms. The van der Waals surface area contributed by atoms with Crippen molar-refractivity contribution < 1.29 is 47.6 Å². The van der Waals surface area contributed by atoms with Crippen molar-refractivity contribution in [2.45, 2.75) is 46.3 Å². The van der Waals surface area contributed by atoms with Crippen LogP contribution in [0, 0.1) is 11.7 Å². The Bertz CT molecular complexity index is 1820. The molecule has 4 aromatic rings. The summed E-state index contributed by atoms with van der Waals surface area (Å²) < 4.78 is 32.9. The molecule has 3 aromatic heterocycles. The van der Waals surface area contributed by atoms with E-state index in [1.54, 1.807) is 42.2 Å². The van der Waals surface area contributed by atoms with Crippen LogP contribution in [-0.2, 0) is 25.4 Å². The maximum Gasteiger partial charge on any atom is 0.295 e. The highest BCUT2D eigenvalue weighted by molar-refractivity contribution is 7.44. The molecule has 2 atom stereocenters. The molecule has 0 radical (unpaired) electrons.